The van der Waals surface area contributed by atoms with E-state index in [4.69, 9.17) is 0 Å². The Labute approximate surface area is 101 Å². The van der Waals surface area contributed by atoms with E-state index in [1.165, 1.54) is 12.1 Å². The monoisotopic (exact) mass is 257 g/mol. The first-order valence-corrected chi connectivity index (χ1v) is 7.40. The Morgan fingerprint density at radius 1 is 1.35 bits per heavy atom. The second-order valence-electron chi connectivity index (χ2n) is 4.22. The normalized spacial score (nSPS) is 21.9. The van der Waals surface area contributed by atoms with E-state index in [1.54, 1.807) is 23.4 Å². The lowest BCUT2D eigenvalue weighted by molar-refractivity contribution is 0.397. The summed E-state index contributed by atoms with van der Waals surface area (Å²) < 4.78 is 38.2. The molecular weight excluding hydrogens is 241 g/mol. The summed E-state index contributed by atoms with van der Waals surface area (Å²) in [5, 5.41) is 0. The van der Waals surface area contributed by atoms with Crippen LogP contribution in [0.2, 0.25) is 0 Å². The number of sulfonamides is 1. The molecule has 2 rings (SSSR count). The summed E-state index contributed by atoms with van der Waals surface area (Å²) in [5.74, 6) is -0.179. The third-order valence-corrected chi connectivity index (χ3v) is 5.06. The van der Waals surface area contributed by atoms with Crippen molar-refractivity contribution < 1.29 is 12.8 Å². The molecule has 0 saturated carbocycles. The Morgan fingerprint density at radius 2 is 2.00 bits per heavy atom. The molecular formula is C12H16FNO2S. The van der Waals surface area contributed by atoms with E-state index in [2.05, 4.69) is 0 Å². The van der Waals surface area contributed by atoms with Crippen LogP contribution in [-0.2, 0) is 10.0 Å². The average molecular weight is 257 g/mol. The maximum atomic E-state index is 12.8. The summed E-state index contributed by atoms with van der Waals surface area (Å²) in [4.78, 5) is 0. The number of nitrogens with zero attached hydrogens (tertiary/aromatic N) is 1. The highest BCUT2D eigenvalue weighted by Crippen LogP contribution is 2.34. The molecule has 0 radical (unpaired) electrons. The largest absolute Gasteiger partial charge is 0.214 e. The zero-order chi connectivity index (χ0) is 12.5. The Bertz CT molecular complexity index is 484. The van der Waals surface area contributed by atoms with Gasteiger partial charge in [0.25, 0.3) is 0 Å². The van der Waals surface area contributed by atoms with Crippen LogP contribution in [0.5, 0.6) is 0 Å². The van der Waals surface area contributed by atoms with Gasteiger partial charge in [0.15, 0.2) is 0 Å². The van der Waals surface area contributed by atoms with Gasteiger partial charge in [-0.15, -0.1) is 0 Å². The van der Waals surface area contributed by atoms with Gasteiger partial charge in [-0.05, 0) is 37.5 Å². The Kier molecular flexibility index (Phi) is 3.49. The summed E-state index contributed by atoms with van der Waals surface area (Å²) in [6.45, 7) is 2.22. The molecule has 1 aromatic rings. The fourth-order valence-corrected chi connectivity index (χ4v) is 3.61. The van der Waals surface area contributed by atoms with Gasteiger partial charge in [-0.1, -0.05) is 12.1 Å². The molecule has 0 unspecified atom stereocenters. The van der Waals surface area contributed by atoms with Crippen molar-refractivity contribution in [3.05, 3.63) is 35.6 Å². The van der Waals surface area contributed by atoms with Crippen LogP contribution < -0.4 is 0 Å². The van der Waals surface area contributed by atoms with Gasteiger partial charge in [0.05, 0.1) is 5.75 Å². The number of halogens is 1. The van der Waals surface area contributed by atoms with Crippen molar-refractivity contribution in [3.8, 4) is 0 Å². The quantitative estimate of drug-likeness (QED) is 0.833. The predicted molar refractivity (Wildman–Crippen MR) is 64.5 cm³/mol. The SMILES string of the molecule is CCS(=O)(=O)N1CCC[C@H]1c1ccc(F)cc1. The molecule has 0 amide bonds. The van der Waals surface area contributed by atoms with Crippen LogP contribution in [0.3, 0.4) is 0 Å². The molecule has 0 aliphatic carbocycles. The molecule has 1 saturated heterocycles. The van der Waals surface area contributed by atoms with Gasteiger partial charge in [-0.25, -0.2) is 12.8 Å². The van der Waals surface area contributed by atoms with Crippen LogP contribution in [0, 0.1) is 5.82 Å². The van der Waals surface area contributed by atoms with E-state index < -0.39 is 10.0 Å². The summed E-state index contributed by atoms with van der Waals surface area (Å²) in [6, 6.07) is 5.97. The molecule has 5 heteroatoms. The molecule has 1 heterocycles. The van der Waals surface area contributed by atoms with E-state index in [1.807, 2.05) is 0 Å². The zero-order valence-electron chi connectivity index (χ0n) is 9.77. The molecule has 1 aliphatic heterocycles. The second-order valence-corrected chi connectivity index (χ2v) is 6.43. The molecule has 1 aliphatic rings. The van der Waals surface area contributed by atoms with Crippen molar-refractivity contribution >= 4 is 10.0 Å². The molecule has 1 atom stereocenters. The van der Waals surface area contributed by atoms with E-state index in [0.717, 1.165) is 18.4 Å². The summed E-state index contributed by atoms with van der Waals surface area (Å²) in [5.41, 5.74) is 0.876. The van der Waals surface area contributed by atoms with Gasteiger partial charge in [0.2, 0.25) is 10.0 Å². The minimum Gasteiger partial charge on any atom is -0.212 e. The van der Waals surface area contributed by atoms with Crippen LogP contribution in [0.25, 0.3) is 0 Å². The number of benzene rings is 1. The molecule has 0 bridgehead atoms. The Morgan fingerprint density at radius 3 is 2.59 bits per heavy atom. The van der Waals surface area contributed by atoms with Gasteiger partial charge in [-0.2, -0.15) is 4.31 Å². The second kappa shape index (κ2) is 4.74. The molecule has 1 aromatic carbocycles. The highest BCUT2D eigenvalue weighted by molar-refractivity contribution is 7.89. The van der Waals surface area contributed by atoms with E-state index in [0.29, 0.717) is 6.54 Å². The van der Waals surface area contributed by atoms with Gasteiger partial charge < -0.3 is 0 Å². The first kappa shape index (κ1) is 12.5. The van der Waals surface area contributed by atoms with Crippen LogP contribution in [0.1, 0.15) is 31.4 Å². The van der Waals surface area contributed by atoms with Crippen molar-refractivity contribution in [3.63, 3.8) is 0 Å². The third kappa shape index (κ3) is 2.50. The smallest absolute Gasteiger partial charge is 0.212 e. The highest BCUT2D eigenvalue weighted by atomic mass is 32.2. The molecule has 17 heavy (non-hydrogen) atoms. The summed E-state index contributed by atoms with van der Waals surface area (Å²) >= 11 is 0. The van der Waals surface area contributed by atoms with Crippen molar-refractivity contribution in [2.75, 3.05) is 12.3 Å². The highest BCUT2D eigenvalue weighted by Gasteiger charge is 2.33. The lowest BCUT2D eigenvalue weighted by Crippen LogP contribution is -2.31. The van der Waals surface area contributed by atoms with E-state index >= 15 is 0 Å². The fraction of sp³-hybridized carbons (Fsp3) is 0.500. The lowest BCUT2D eigenvalue weighted by Gasteiger charge is -2.23. The molecule has 0 spiro atoms. The Balaban J connectivity index is 2.29. The van der Waals surface area contributed by atoms with Crippen LogP contribution in [-0.4, -0.2) is 25.0 Å². The van der Waals surface area contributed by atoms with Crippen LogP contribution in [0.4, 0.5) is 4.39 Å². The van der Waals surface area contributed by atoms with Gasteiger partial charge in [-0.3, -0.25) is 0 Å². The minimum absolute atomic E-state index is 0.116. The number of hydrogen-bond acceptors (Lipinski definition) is 2. The fourth-order valence-electron chi connectivity index (χ4n) is 2.26. The van der Waals surface area contributed by atoms with Crippen LogP contribution >= 0.6 is 0 Å². The van der Waals surface area contributed by atoms with Crippen LogP contribution in [0.15, 0.2) is 24.3 Å². The Hall–Kier alpha value is -0.940. The first-order chi connectivity index (χ1) is 8.04. The van der Waals surface area contributed by atoms with Crippen molar-refractivity contribution in [1.82, 2.24) is 4.31 Å². The number of hydrogen-bond donors (Lipinski definition) is 0. The molecule has 0 aromatic heterocycles. The predicted octanol–water partition coefficient (Wildman–Crippen LogP) is 2.31. The number of rotatable bonds is 3. The summed E-state index contributed by atoms with van der Waals surface area (Å²) in [7, 11) is -3.17. The summed E-state index contributed by atoms with van der Waals surface area (Å²) in [6.07, 6.45) is 1.67. The average Bonchev–Trinajstić information content (AvgIpc) is 2.80. The maximum Gasteiger partial charge on any atom is 0.214 e. The topological polar surface area (TPSA) is 37.4 Å². The maximum absolute atomic E-state index is 12.8. The van der Waals surface area contributed by atoms with Gasteiger partial charge >= 0.3 is 0 Å². The first-order valence-electron chi connectivity index (χ1n) is 5.79. The van der Waals surface area contributed by atoms with E-state index in [-0.39, 0.29) is 17.6 Å². The van der Waals surface area contributed by atoms with Gasteiger partial charge in [0, 0.05) is 12.6 Å². The zero-order valence-corrected chi connectivity index (χ0v) is 10.6. The lowest BCUT2D eigenvalue weighted by atomic mass is 10.1. The molecule has 94 valence electrons. The van der Waals surface area contributed by atoms with Crippen molar-refractivity contribution in [1.29, 1.82) is 0 Å². The van der Waals surface area contributed by atoms with Gasteiger partial charge in [0.1, 0.15) is 5.82 Å². The third-order valence-electron chi connectivity index (χ3n) is 3.18. The molecule has 0 N–H and O–H groups in total. The van der Waals surface area contributed by atoms with E-state index in [9.17, 15) is 12.8 Å². The molecule has 1 fully saturated rings. The van der Waals surface area contributed by atoms with Crippen molar-refractivity contribution in [2.45, 2.75) is 25.8 Å². The standard InChI is InChI=1S/C12H16FNO2S/c1-2-17(15,16)14-9-3-4-12(14)10-5-7-11(13)8-6-10/h5-8,12H,2-4,9H2,1H3/t12-/m0/s1. The van der Waals surface area contributed by atoms with Crippen molar-refractivity contribution in [2.24, 2.45) is 0 Å². The minimum atomic E-state index is -3.17. The molecule has 3 nitrogen and oxygen atoms in total.